The van der Waals surface area contributed by atoms with Crippen molar-refractivity contribution >= 4 is 45.2 Å². The van der Waals surface area contributed by atoms with Crippen LogP contribution < -0.4 is 20.1 Å². The van der Waals surface area contributed by atoms with Crippen LogP contribution in [-0.2, 0) is 9.59 Å². The Morgan fingerprint density at radius 1 is 1.07 bits per heavy atom. The third-order valence-corrected chi connectivity index (χ3v) is 7.84. The van der Waals surface area contributed by atoms with E-state index in [0.29, 0.717) is 34.4 Å². The number of hydrogen-bond donors (Lipinski definition) is 3. The predicted molar refractivity (Wildman–Crippen MR) is 165 cm³/mol. The first-order valence-electron chi connectivity index (χ1n) is 14.1. The molecule has 0 radical (unpaired) electrons. The Bertz CT molecular complexity index is 1600. The van der Waals surface area contributed by atoms with E-state index >= 15 is 0 Å². The first-order chi connectivity index (χ1) is 20.6. The van der Waals surface area contributed by atoms with Crippen molar-refractivity contribution in [2.45, 2.75) is 58.3 Å². The average molecular weight is 606 g/mol. The summed E-state index contributed by atoms with van der Waals surface area (Å²) in [5.41, 5.74) is 1.94. The molecule has 3 aromatic heterocycles. The van der Waals surface area contributed by atoms with Gasteiger partial charge in [-0.25, -0.2) is 24.7 Å². The molecule has 1 saturated heterocycles. The normalized spacial score (nSPS) is 17.3. The molecule has 1 amide bonds. The maximum Gasteiger partial charge on any atom is 0.326 e. The van der Waals surface area contributed by atoms with E-state index in [1.165, 1.54) is 16.2 Å². The van der Waals surface area contributed by atoms with Crippen LogP contribution in [0.25, 0.3) is 22.3 Å². The number of ether oxygens (including phenoxy) is 2. The Morgan fingerprint density at radius 2 is 1.84 bits per heavy atom. The number of carbonyl (C=O) groups is 2. The topological polar surface area (TPSA) is 152 Å². The zero-order valence-corrected chi connectivity index (χ0v) is 25.5. The Hall–Kier alpha value is -4.52. The highest BCUT2D eigenvalue weighted by Gasteiger charge is 2.43. The van der Waals surface area contributed by atoms with Crippen LogP contribution in [0, 0.1) is 5.92 Å². The monoisotopic (exact) mass is 605 g/mol. The fourth-order valence-electron chi connectivity index (χ4n) is 4.98. The fraction of sp³-hybridized carbons (Fsp3) is 0.400. The van der Waals surface area contributed by atoms with E-state index in [9.17, 15) is 14.7 Å². The maximum absolute atomic E-state index is 13.8. The first-order valence-corrected chi connectivity index (χ1v) is 15.0. The molecule has 3 N–H and O–H groups in total. The number of aromatic nitrogens is 4. The summed E-state index contributed by atoms with van der Waals surface area (Å²) in [6.45, 7) is 7.96. The number of rotatable bonds is 11. The maximum atomic E-state index is 13.8. The van der Waals surface area contributed by atoms with Crippen molar-refractivity contribution in [2.75, 3.05) is 24.3 Å². The van der Waals surface area contributed by atoms with Crippen LogP contribution in [0.5, 0.6) is 11.5 Å². The van der Waals surface area contributed by atoms with Gasteiger partial charge in [0.25, 0.3) is 0 Å². The number of aliphatic carboxylic acids is 1. The van der Waals surface area contributed by atoms with Crippen LogP contribution in [0.2, 0.25) is 0 Å². The summed E-state index contributed by atoms with van der Waals surface area (Å²) in [6, 6.07) is 7.45. The predicted octanol–water partition coefficient (Wildman–Crippen LogP) is 4.55. The quantitative estimate of drug-likeness (QED) is 0.221. The molecule has 4 aromatic rings. The summed E-state index contributed by atoms with van der Waals surface area (Å²) < 4.78 is 11.9. The van der Waals surface area contributed by atoms with E-state index in [0.717, 1.165) is 10.5 Å². The molecule has 1 aliphatic heterocycles. The molecule has 1 aliphatic rings. The number of methoxy groups -OCH3 is 1. The Balaban J connectivity index is 1.44. The van der Waals surface area contributed by atoms with Crippen molar-refractivity contribution in [1.82, 2.24) is 24.8 Å². The van der Waals surface area contributed by atoms with E-state index in [4.69, 9.17) is 19.4 Å². The van der Waals surface area contributed by atoms with Gasteiger partial charge in [-0.15, -0.1) is 11.3 Å². The van der Waals surface area contributed by atoms with Crippen LogP contribution in [0.1, 0.15) is 34.1 Å². The Labute approximate surface area is 253 Å². The SMILES string of the molecule is COc1ccc2c(OC3C[C@@H](C(=O)O)N(C(=O)[C@@H](Nc4ncccn4)C(C)C)C3)cc(-c3csc(NC(C)C)n3)nc2c1. The lowest BCUT2D eigenvalue weighted by molar-refractivity contribution is -0.148. The number of thiazole rings is 1. The highest BCUT2D eigenvalue weighted by molar-refractivity contribution is 7.14. The number of hydrogen-bond acceptors (Lipinski definition) is 11. The van der Waals surface area contributed by atoms with Gasteiger partial charge in [-0.1, -0.05) is 13.8 Å². The van der Waals surface area contributed by atoms with Gasteiger partial charge in [0, 0.05) is 47.8 Å². The van der Waals surface area contributed by atoms with E-state index < -0.39 is 24.2 Å². The van der Waals surface area contributed by atoms with Crippen LogP contribution in [0.15, 0.2) is 48.1 Å². The molecule has 43 heavy (non-hydrogen) atoms. The number of pyridine rings is 1. The number of carboxylic acid groups (broad SMARTS) is 1. The van der Waals surface area contributed by atoms with Crippen LogP contribution in [0.3, 0.4) is 0 Å². The Morgan fingerprint density at radius 3 is 2.51 bits per heavy atom. The largest absolute Gasteiger partial charge is 0.497 e. The molecule has 0 bridgehead atoms. The number of nitrogens with one attached hydrogen (secondary N) is 2. The summed E-state index contributed by atoms with van der Waals surface area (Å²) in [5, 5.41) is 19.9. The van der Waals surface area contributed by atoms with E-state index in [1.807, 2.05) is 57.3 Å². The first kappa shape index (κ1) is 30.0. The van der Waals surface area contributed by atoms with Gasteiger partial charge in [0.05, 0.1) is 24.9 Å². The summed E-state index contributed by atoms with van der Waals surface area (Å²) in [5.74, 6) is -0.126. The van der Waals surface area contributed by atoms with Gasteiger partial charge in [-0.2, -0.15) is 0 Å². The van der Waals surface area contributed by atoms with E-state index in [-0.39, 0.29) is 30.8 Å². The van der Waals surface area contributed by atoms with Crippen molar-refractivity contribution in [3.63, 3.8) is 0 Å². The number of carboxylic acids is 1. The number of amides is 1. The smallest absolute Gasteiger partial charge is 0.326 e. The molecule has 0 aliphatic carbocycles. The van der Waals surface area contributed by atoms with Crippen molar-refractivity contribution < 1.29 is 24.2 Å². The summed E-state index contributed by atoms with van der Waals surface area (Å²) in [4.78, 5) is 45.3. The van der Waals surface area contributed by atoms with Gasteiger partial charge >= 0.3 is 5.97 Å². The molecule has 5 rings (SSSR count). The number of likely N-dealkylation sites (tertiary alicyclic amines) is 1. The lowest BCUT2D eigenvalue weighted by Crippen LogP contribution is -2.50. The highest BCUT2D eigenvalue weighted by Crippen LogP contribution is 2.35. The van der Waals surface area contributed by atoms with Crippen LogP contribution in [0.4, 0.5) is 11.1 Å². The molecule has 0 spiro atoms. The van der Waals surface area contributed by atoms with Gasteiger partial charge in [0.1, 0.15) is 35.4 Å². The zero-order chi connectivity index (χ0) is 30.7. The molecule has 226 valence electrons. The molecule has 3 atom stereocenters. The lowest BCUT2D eigenvalue weighted by Gasteiger charge is -2.29. The Kier molecular flexibility index (Phi) is 8.90. The number of nitrogens with zero attached hydrogens (tertiary/aromatic N) is 5. The van der Waals surface area contributed by atoms with Crippen molar-refractivity contribution in [2.24, 2.45) is 5.92 Å². The minimum Gasteiger partial charge on any atom is -0.497 e. The molecule has 1 unspecified atom stereocenters. The minimum absolute atomic E-state index is 0.102. The van der Waals surface area contributed by atoms with Gasteiger partial charge in [-0.05, 0) is 38.0 Å². The van der Waals surface area contributed by atoms with Crippen molar-refractivity contribution in [3.8, 4) is 22.9 Å². The number of anilines is 2. The second-order valence-corrected chi connectivity index (χ2v) is 11.8. The standard InChI is InChI=1S/C30H35N7O5S/c1-16(2)26(36-29-31-9-6-10-32-29)27(38)37-14-19(12-24(37)28(39)40)42-25-13-22(23-15-43-30(35-23)33-17(3)4)34-21-11-18(41-5)7-8-20(21)25/h6-11,13,15-17,19,24,26H,12,14H2,1-5H3,(H,33,35)(H,39,40)(H,31,32,36)/t19?,24-,26-/m0/s1. The van der Waals surface area contributed by atoms with Gasteiger partial charge < -0.3 is 30.1 Å². The highest BCUT2D eigenvalue weighted by atomic mass is 32.1. The molecule has 13 heteroatoms. The van der Waals surface area contributed by atoms with E-state index in [1.54, 1.807) is 25.6 Å². The molecule has 1 fully saturated rings. The molecule has 12 nitrogen and oxygen atoms in total. The summed E-state index contributed by atoms with van der Waals surface area (Å²) in [6.07, 6.45) is 2.71. The lowest BCUT2D eigenvalue weighted by atomic mass is 10.0. The van der Waals surface area contributed by atoms with Crippen molar-refractivity contribution in [3.05, 3.63) is 48.1 Å². The fourth-order valence-corrected chi connectivity index (χ4v) is 5.83. The summed E-state index contributed by atoms with van der Waals surface area (Å²) in [7, 11) is 1.59. The van der Waals surface area contributed by atoms with E-state index in [2.05, 4.69) is 20.6 Å². The third kappa shape index (κ3) is 6.77. The second-order valence-electron chi connectivity index (χ2n) is 11.0. The number of fused-ring (bicyclic) bond motifs is 1. The third-order valence-electron chi connectivity index (χ3n) is 7.07. The average Bonchev–Trinajstić information content (AvgIpc) is 3.62. The van der Waals surface area contributed by atoms with Crippen molar-refractivity contribution in [1.29, 1.82) is 0 Å². The minimum atomic E-state index is -1.09. The number of benzene rings is 1. The van der Waals surface area contributed by atoms with Crippen LogP contribution in [-0.4, -0.2) is 79.7 Å². The van der Waals surface area contributed by atoms with Gasteiger partial charge in [0.2, 0.25) is 11.9 Å². The molecule has 4 heterocycles. The number of carbonyl (C=O) groups excluding carboxylic acids is 1. The van der Waals surface area contributed by atoms with Gasteiger partial charge in [-0.3, -0.25) is 4.79 Å². The molecular formula is C30H35N7O5S. The van der Waals surface area contributed by atoms with Crippen LogP contribution >= 0.6 is 11.3 Å². The zero-order valence-electron chi connectivity index (χ0n) is 24.6. The molecule has 0 saturated carbocycles. The second kappa shape index (κ2) is 12.8. The molecular weight excluding hydrogens is 570 g/mol. The molecule has 1 aromatic carbocycles. The summed E-state index contributed by atoms with van der Waals surface area (Å²) >= 11 is 1.48. The van der Waals surface area contributed by atoms with Gasteiger partial charge in [0.15, 0.2) is 5.13 Å².